The third-order valence-corrected chi connectivity index (χ3v) is 1.54. The summed E-state index contributed by atoms with van der Waals surface area (Å²) in [4.78, 5) is 21.7. The summed E-state index contributed by atoms with van der Waals surface area (Å²) in [6.07, 6.45) is 0. The van der Waals surface area contributed by atoms with Gasteiger partial charge in [0.25, 0.3) is 11.7 Å². The number of hydrogen-bond acceptors (Lipinski definition) is 2. The molecule has 0 unspecified atom stereocenters. The van der Waals surface area contributed by atoms with Crippen LogP contribution in [0.15, 0.2) is 18.2 Å². The fraction of sp³-hybridized carbons (Fsp3) is 0. The summed E-state index contributed by atoms with van der Waals surface area (Å²) in [6, 6.07) is 7.70. The van der Waals surface area contributed by atoms with Crippen LogP contribution in [0.5, 0.6) is 0 Å². The smallest absolute Gasteiger partial charge is 0.296 e. The summed E-state index contributed by atoms with van der Waals surface area (Å²) in [7, 11) is 0. The number of hydrogen-bond donors (Lipinski definition) is 1. The van der Waals surface area contributed by atoms with Crippen LogP contribution in [0.1, 0.15) is 10.4 Å². The number of carbonyl (C=O) groups excluding carboxylic acids is 2. The van der Waals surface area contributed by atoms with Crippen molar-refractivity contribution in [3.63, 3.8) is 0 Å². The molecule has 1 amide bonds. The Morgan fingerprint density at radius 2 is 2.18 bits per heavy atom. The number of amides is 1. The molecule has 3 nitrogen and oxygen atoms in total. The van der Waals surface area contributed by atoms with Gasteiger partial charge in [-0.2, -0.15) is 0 Å². The highest BCUT2D eigenvalue weighted by molar-refractivity contribution is 6.51. The van der Waals surface area contributed by atoms with Crippen LogP contribution >= 0.6 is 0 Å². The van der Waals surface area contributed by atoms with Crippen LogP contribution in [0.25, 0.3) is 0 Å². The summed E-state index contributed by atoms with van der Waals surface area (Å²) in [6.45, 7) is 0. The molecular formula is C8H4NO2. The van der Waals surface area contributed by atoms with E-state index in [0.717, 1.165) is 0 Å². The Morgan fingerprint density at radius 1 is 1.36 bits per heavy atom. The Bertz CT molecular complexity index is 344. The molecule has 1 radical (unpaired) electrons. The molecule has 0 atom stereocenters. The minimum Gasteiger partial charge on any atom is -0.318 e. The first kappa shape index (κ1) is 6.09. The van der Waals surface area contributed by atoms with Crippen molar-refractivity contribution in [2.24, 2.45) is 0 Å². The topological polar surface area (TPSA) is 46.2 Å². The predicted octanol–water partition coefficient (Wildman–Crippen LogP) is 0.622. The summed E-state index contributed by atoms with van der Waals surface area (Å²) >= 11 is 0. The quantitative estimate of drug-likeness (QED) is 0.545. The van der Waals surface area contributed by atoms with Gasteiger partial charge < -0.3 is 5.32 Å². The van der Waals surface area contributed by atoms with Crippen LogP contribution in [0.2, 0.25) is 0 Å². The zero-order valence-electron chi connectivity index (χ0n) is 5.55. The van der Waals surface area contributed by atoms with Crippen molar-refractivity contribution in [1.29, 1.82) is 0 Å². The first-order chi connectivity index (χ1) is 5.29. The number of Topliss-reactive ketones (excluding diaryl/α,β-unsaturated/α-hetero) is 1. The summed E-state index contributed by atoms with van der Waals surface area (Å²) < 4.78 is 0. The van der Waals surface area contributed by atoms with Gasteiger partial charge in [0.15, 0.2) is 0 Å². The highest BCUT2D eigenvalue weighted by Gasteiger charge is 2.26. The fourth-order valence-corrected chi connectivity index (χ4v) is 1.02. The van der Waals surface area contributed by atoms with Gasteiger partial charge in [0, 0.05) is 0 Å². The molecule has 1 aliphatic heterocycles. The number of ketones is 1. The van der Waals surface area contributed by atoms with Gasteiger partial charge in [0.1, 0.15) is 0 Å². The molecule has 1 aromatic rings. The molecule has 1 aromatic carbocycles. The molecule has 0 saturated heterocycles. The Labute approximate surface area is 63.0 Å². The minimum absolute atomic E-state index is 0.345. The van der Waals surface area contributed by atoms with E-state index in [1.54, 1.807) is 18.2 Å². The molecule has 0 spiro atoms. The van der Waals surface area contributed by atoms with E-state index in [0.29, 0.717) is 11.3 Å². The molecule has 3 heteroatoms. The van der Waals surface area contributed by atoms with Gasteiger partial charge in [-0.15, -0.1) is 0 Å². The lowest BCUT2D eigenvalue weighted by Gasteiger charge is -1.91. The third-order valence-electron chi connectivity index (χ3n) is 1.54. The van der Waals surface area contributed by atoms with Gasteiger partial charge in [-0.05, 0) is 12.1 Å². The lowest BCUT2D eigenvalue weighted by molar-refractivity contribution is -0.112. The maximum absolute atomic E-state index is 11.0. The molecule has 0 bridgehead atoms. The van der Waals surface area contributed by atoms with Crippen LogP contribution in [-0.2, 0) is 4.79 Å². The maximum Gasteiger partial charge on any atom is 0.296 e. The standard InChI is InChI=1S/C8H4NO2/c10-7-5-3-1-2-4-6(5)9-8(7)11/h1-2,4H,(H,9,10,11). The molecule has 11 heavy (non-hydrogen) atoms. The van der Waals surface area contributed by atoms with E-state index < -0.39 is 11.7 Å². The van der Waals surface area contributed by atoms with E-state index in [-0.39, 0.29) is 0 Å². The SMILES string of the molecule is O=C1Nc2ccc[c]c2C1=O. The molecule has 0 aliphatic carbocycles. The van der Waals surface area contributed by atoms with Crippen molar-refractivity contribution in [2.75, 3.05) is 5.32 Å². The molecule has 0 saturated carbocycles. The van der Waals surface area contributed by atoms with Crippen LogP contribution in [-0.4, -0.2) is 11.7 Å². The molecular weight excluding hydrogens is 142 g/mol. The van der Waals surface area contributed by atoms with Gasteiger partial charge >= 0.3 is 0 Å². The van der Waals surface area contributed by atoms with E-state index >= 15 is 0 Å². The van der Waals surface area contributed by atoms with E-state index in [1.807, 2.05) is 0 Å². The van der Waals surface area contributed by atoms with Gasteiger partial charge in [0.2, 0.25) is 0 Å². The predicted molar refractivity (Wildman–Crippen MR) is 38.2 cm³/mol. The lowest BCUT2D eigenvalue weighted by atomic mass is 10.1. The summed E-state index contributed by atoms with van der Waals surface area (Å²) in [5, 5.41) is 2.43. The number of nitrogens with one attached hydrogen (secondary N) is 1. The first-order valence-corrected chi connectivity index (χ1v) is 3.15. The van der Waals surface area contributed by atoms with Crippen molar-refractivity contribution in [3.05, 3.63) is 29.8 Å². The van der Waals surface area contributed by atoms with Crippen LogP contribution in [0, 0.1) is 6.07 Å². The Kier molecular flexibility index (Phi) is 1.06. The molecule has 2 rings (SSSR count). The largest absolute Gasteiger partial charge is 0.318 e. The van der Waals surface area contributed by atoms with Crippen LogP contribution in [0.3, 0.4) is 0 Å². The second kappa shape index (κ2) is 1.92. The molecule has 53 valence electrons. The fourth-order valence-electron chi connectivity index (χ4n) is 1.02. The van der Waals surface area contributed by atoms with E-state index in [1.165, 1.54) is 0 Å². The van der Waals surface area contributed by atoms with Crippen molar-refractivity contribution in [2.45, 2.75) is 0 Å². The van der Waals surface area contributed by atoms with E-state index in [9.17, 15) is 9.59 Å². The van der Waals surface area contributed by atoms with Crippen LogP contribution in [0.4, 0.5) is 5.69 Å². The van der Waals surface area contributed by atoms with Gasteiger partial charge in [0.05, 0.1) is 11.3 Å². The Balaban J connectivity index is 2.64. The van der Waals surface area contributed by atoms with E-state index in [2.05, 4.69) is 11.4 Å². The minimum atomic E-state index is -0.567. The average Bonchev–Trinajstić information content (AvgIpc) is 2.30. The number of anilines is 1. The van der Waals surface area contributed by atoms with Gasteiger partial charge in [-0.1, -0.05) is 12.1 Å². The first-order valence-electron chi connectivity index (χ1n) is 3.15. The number of benzene rings is 1. The number of rotatable bonds is 0. The van der Waals surface area contributed by atoms with Crippen molar-refractivity contribution in [3.8, 4) is 0 Å². The Hall–Kier alpha value is -1.64. The maximum atomic E-state index is 11.0. The van der Waals surface area contributed by atoms with Gasteiger partial charge in [-0.25, -0.2) is 0 Å². The molecule has 0 fully saturated rings. The van der Waals surface area contributed by atoms with Crippen molar-refractivity contribution >= 4 is 17.4 Å². The van der Waals surface area contributed by atoms with E-state index in [4.69, 9.17) is 0 Å². The highest BCUT2D eigenvalue weighted by Crippen LogP contribution is 2.20. The molecule has 0 aromatic heterocycles. The highest BCUT2D eigenvalue weighted by atomic mass is 16.2. The number of fused-ring (bicyclic) bond motifs is 1. The molecule has 1 aliphatic rings. The lowest BCUT2D eigenvalue weighted by Crippen LogP contribution is -2.12. The second-order valence-electron chi connectivity index (χ2n) is 2.24. The normalized spacial score (nSPS) is 14.5. The van der Waals surface area contributed by atoms with Crippen molar-refractivity contribution < 1.29 is 9.59 Å². The number of carbonyl (C=O) groups is 2. The average molecular weight is 146 g/mol. The summed E-state index contributed by atoms with van der Waals surface area (Å²) in [5.41, 5.74) is 0.903. The zero-order chi connectivity index (χ0) is 7.84. The molecule has 1 N–H and O–H groups in total. The summed E-state index contributed by atoms with van der Waals surface area (Å²) in [5.74, 6) is -1.07. The third kappa shape index (κ3) is 0.741. The molecule has 1 heterocycles. The second-order valence-corrected chi connectivity index (χ2v) is 2.24. The zero-order valence-corrected chi connectivity index (χ0v) is 5.55. The monoisotopic (exact) mass is 146 g/mol. The van der Waals surface area contributed by atoms with Crippen molar-refractivity contribution in [1.82, 2.24) is 0 Å². The van der Waals surface area contributed by atoms with Crippen LogP contribution < -0.4 is 5.32 Å². The van der Waals surface area contributed by atoms with Gasteiger partial charge in [-0.3, -0.25) is 9.59 Å². The Morgan fingerprint density at radius 3 is 2.91 bits per heavy atom.